The summed E-state index contributed by atoms with van der Waals surface area (Å²) in [6, 6.07) is 13.8. The molecule has 25 heavy (non-hydrogen) atoms. The van der Waals surface area contributed by atoms with Gasteiger partial charge in [0, 0.05) is 18.0 Å². The molecule has 0 saturated heterocycles. The van der Waals surface area contributed by atoms with Crippen LogP contribution in [0, 0.1) is 0 Å². The number of furan rings is 1. The standard InChI is InChI=1S/C20H21NO4/c1-13(2)21(10-9-20(23)24)19(22)12-15-11-17-16-6-4-3-5-14(16)7-8-18(17)25-15/h3-8,11,13H,9-10,12H2,1-2H3,(H,23,24). The van der Waals surface area contributed by atoms with Gasteiger partial charge in [-0.1, -0.05) is 30.3 Å². The minimum Gasteiger partial charge on any atom is -0.481 e. The van der Waals surface area contributed by atoms with E-state index < -0.39 is 5.97 Å². The molecule has 1 aromatic heterocycles. The number of hydrogen-bond acceptors (Lipinski definition) is 3. The van der Waals surface area contributed by atoms with E-state index in [9.17, 15) is 9.59 Å². The van der Waals surface area contributed by atoms with Crippen LogP contribution in [0.4, 0.5) is 0 Å². The van der Waals surface area contributed by atoms with Crippen molar-refractivity contribution >= 4 is 33.6 Å². The number of aliphatic carboxylic acids is 1. The van der Waals surface area contributed by atoms with Crippen molar-refractivity contribution < 1.29 is 19.1 Å². The Balaban J connectivity index is 1.85. The van der Waals surface area contributed by atoms with Crippen LogP contribution in [0.25, 0.3) is 21.7 Å². The van der Waals surface area contributed by atoms with Crippen molar-refractivity contribution in [2.75, 3.05) is 6.54 Å². The molecule has 2 aromatic carbocycles. The molecule has 0 radical (unpaired) electrons. The summed E-state index contributed by atoms with van der Waals surface area (Å²) in [6.45, 7) is 3.97. The van der Waals surface area contributed by atoms with E-state index in [-0.39, 0.29) is 31.3 Å². The van der Waals surface area contributed by atoms with E-state index in [1.54, 1.807) is 4.90 Å². The highest BCUT2D eigenvalue weighted by molar-refractivity contribution is 6.06. The van der Waals surface area contributed by atoms with Crippen LogP contribution in [-0.2, 0) is 16.0 Å². The Labute approximate surface area is 145 Å². The number of benzene rings is 2. The Bertz CT molecular complexity index is 926. The molecular formula is C20H21NO4. The van der Waals surface area contributed by atoms with E-state index in [4.69, 9.17) is 9.52 Å². The zero-order valence-electron chi connectivity index (χ0n) is 14.4. The fourth-order valence-corrected chi connectivity index (χ4v) is 3.07. The van der Waals surface area contributed by atoms with Gasteiger partial charge in [0.15, 0.2) is 0 Å². The number of carbonyl (C=O) groups is 2. The van der Waals surface area contributed by atoms with E-state index in [1.807, 2.05) is 56.3 Å². The maximum Gasteiger partial charge on any atom is 0.305 e. The number of hydrogen-bond donors (Lipinski definition) is 1. The number of amides is 1. The number of nitrogens with zero attached hydrogens (tertiary/aromatic N) is 1. The third-order valence-corrected chi connectivity index (χ3v) is 4.31. The number of carbonyl (C=O) groups excluding carboxylic acids is 1. The molecule has 0 spiro atoms. The van der Waals surface area contributed by atoms with Crippen LogP contribution in [0.5, 0.6) is 0 Å². The summed E-state index contributed by atoms with van der Waals surface area (Å²) >= 11 is 0. The van der Waals surface area contributed by atoms with Crippen LogP contribution in [0.15, 0.2) is 46.9 Å². The molecule has 1 N–H and O–H groups in total. The molecule has 0 aliphatic rings. The second-order valence-corrected chi connectivity index (χ2v) is 6.41. The number of rotatable bonds is 6. The van der Waals surface area contributed by atoms with E-state index >= 15 is 0 Å². The Morgan fingerprint density at radius 1 is 1.12 bits per heavy atom. The fourth-order valence-electron chi connectivity index (χ4n) is 3.07. The van der Waals surface area contributed by atoms with Crippen LogP contribution in [-0.4, -0.2) is 34.5 Å². The van der Waals surface area contributed by atoms with Gasteiger partial charge in [0.2, 0.25) is 5.91 Å². The van der Waals surface area contributed by atoms with Gasteiger partial charge in [0.05, 0.1) is 12.8 Å². The topological polar surface area (TPSA) is 70.8 Å². The average molecular weight is 339 g/mol. The lowest BCUT2D eigenvalue weighted by molar-refractivity contribution is -0.139. The fraction of sp³-hybridized carbons (Fsp3) is 0.300. The summed E-state index contributed by atoms with van der Waals surface area (Å²) in [7, 11) is 0. The lowest BCUT2D eigenvalue weighted by Crippen LogP contribution is -2.39. The first-order valence-corrected chi connectivity index (χ1v) is 8.37. The van der Waals surface area contributed by atoms with Gasteiger partial charge in [-0.2, -0.15) is 0 Å². The highest BCUT2D eigenvalue weighted by Gasteiger charge is 2.20. The molecule has 0 aliphatic carbocycles. The summed E-state index contributed by atoms with van der Waals surface area (Å²) in [6.07, 6.45) is 0.0650. The van der Waals surface area contributed by atoms with Crippen molar-refractivity contribution in [2.45, 2.75) is 32.7 Å². The Hall–Kier alpha value is -2.82. The van der Waals surface area contributed by atoms with Crippen molar-refractivity contribution in [3.05, 3.63) is 48.2 Å². The summed E-state index contributed by atoms with van der Waals surface area (Å²) in [5, 5.41) is 12.1. The van der Waals surface area contributed by atoms with Gasteiger partial charge >= 0.3 is 5.97 Å². The molecular weight excluding hydrogens is 318 g/mol. The highest BCUT2D eigenvalue weighted by Crippen LogP contribution is 2.28. The molecule has 5 heteroatoms. The smallest absolute Gasteiger partial charge is 0.305 e. The SMILES string of the molecule is CC(C)N(CCC(=O)O)C(=O)Cc1cc2c(ccc3ccccc32)o1. The molecule has 3 aromatic rings. The van der Waals surface area contributed by atoms with Gasteiger partial charge < -0.3 is 14.4 Å². The highest BCUT2D eigenvalue weighted by atomic mass is 16.4. The van der Waals surface area contributed by atoms with E-state index in [0.717, 1.165) is 21.7 Å². The molecule has 0 aliphatic heterocycles. The Morgan fingerprint density at radius 3 is 2.60 bits per heavy atom. The van der Waals surface area contributed by atoms with Gasteiger partial charge in [0.25, 0.3) is 0 Å². The van der Waals surface area contributed by atoms with Gasteiger partial charge in [0.1, 0.15) is 11.3 Å². The zero-order chi connectivity index (χ0) is 18.0. The maximum absolute atomic E-state index is 12.6. The van der Waals surface area contributed by atoms with Gasteiger partial charge in [-0.15, -0.1) is 0 Å². The summed E-state index contributed by atoms with van der Waals surface area (Å²) < 4.78 is 5.84. The van der Waals surface area contributed by atoms with Crippen LogP contribution in [0.1, 0.15) is 26.0 Å². The number of carboxylic acid groups (broad SMARTS) is 1. The van der Waals surface area contributed by atoms with E-state index in [1.165, 1.54) is 0 Å². The first-order valence-electron chi connectivity index (χ1n) is 8.37. The molecule has 0 unspecified atom stereocenters. The third kappa shape index (κ3) is 3.65. The van der Waals surface area contributed by atoms with E-state index in [0.29, 0.717) is 5.76 Å². The molecule has 0 fully saturated rings. The largest absolute Gasteiger partial charge is 0.481 e. The lowest BCUT2D eigenvalue weighted by Gasteiger charge is -2.25. The molecule has 130 valence electrons. The van der Waals surface area contributed by atoms with Crippen molar-refractivity contribution in [1.29, 1.82) is 0 Å². The molecule has 5 nitrogen and oxygen atoms in total. The zero-order valence-corrected chi connectivity index (χ0v) is 14.4. The maximum atomic E-state index is 12.6. The average Bonchev–Trinajstić information content (AvgIpc) is 2.97. The predicted molar refractivity (Wildman–Crippen MR) is 96.5 cm³/mol. The molecule has 0 atom stereocenters. The predicted octanol–water partition coefficient (Wildman–Crippen LogP) is 3.84. The van der Waals surface area contributed by atoms with Crippen molar-refractivity contribution in [3.63, 3.8) is 0 Å². The minimum absolute atomic E-state index is 0.0583. The lowest BCUT2D eigenvalue weighted by atomic mass is 10.1. The summed E-state index contributed by atoms with van der Waals surface area (Å²) in [4.78, 5) is 25.0. The van der Waals surface area contributed by atoms with Crippen LogP contribution in [0.3, 0.4) is 0 Å². The minimum atomic E-state index is -0.909. The van der Waals surface area contributed by atoms with Crippen molar-refractivity contribution in [3.8, 4) is 0 Å². The van der Waals surface area contributed by atoms with Crippen LogP contribution < -0.4 is 0 Å². The van der Waals surface area contributed by atoms with E-state index in [2.05, 4.69) is 0 Å². The van der Waals surface area contributed by atoms with Crippen molar-refractivity contribution in [2.24, 2.45) is 0 Å². The van der Waals surface area contributed by atoms with Crippen LogP contribution >= 0.6 is 0 Å². The normalized spacial score (nSPS) is 11.3. The summed E-state index contributed by atoms with van der Waals surface area (Å²) in [5.74, 6) is -0.439. The third-order valence-electron chi connectivity index (χ3n) is 4.31. The second kappa shape index (κ2) is 6.97. The summed E-state index contributed by atoms with van der Waals surface area (Å²) in [5.41, 5.74) is 0.753. The Kier molecular flexibility index (Phi) is 4.74. The molecule has 1 amide bonds. The monoisotopic (exact) mass is 339 g/mol. The van der Waals surface area contributed by atoms with Gasteiger partial charge in [-0.25, -0.2) is 0 Å². The van der Waals surface area contributed by atoms with Crippen molar-refractivity contribution in [1.82, 2.24) is 4.90 Å². The number of fused-ring (bicyclic) bond motifs is 3. The van der Waals surface area contributed by atoms with Gasteiger partial charge in [-0.05, 0) is 36.8 Å². The number of carboxylic acids is 1. The molecule has 0 saturated carbocycles. The van der Waals surface area contributed by atoms with Gasteiger partial charge in [-0.3, -0.25) is 9.59 Å². The quantitative estimate of drug-likeness (QED) is 0.741. The first kappa shape index (κ1) is 17.0. The first-order chi connectivity index (χ1) is 12.0. The molecule has 0 bridgehead atoms. The Morgan fingerprint density at radius 2 is 1.88 bits per heavy atom. The van der Waals surface area contributed by atoms with Crippen LogP contribution in [0.2, 0.25) is 0 Å². The molecule has 3 rings (SSSR count). The second-order valence-electron chi connectivity index (χ2n) is 6.41. The molecule has 1 heterocycles.